The van der Waals surface area contributed by atoms with Crippen molar-refractivity contribution in [2.24, 2.45) is 17.8 Å². The number of hydrogen-bond acceptors (Lipinski definition) is 3. The third-order valence-electron chi connectivity index (χ3n) is 9.69. The minimum Gasteiger partial charge on any atom is -0.340 e. The lowest BCUT2D eigenvalue weighted by Gasteiger charge is -2.40. The number of rotatable bonds is 5. The van der Waals surface area contributed by atoms with Gasteiger partial charge in [-0.2, -0.15) is 26.3 Å². The number of halogens is 8. The fourth-order valence-corrected chi connectivity index (χ4v) is 9.69. The Morgan fingerprint density at radius 2 is 1.51 bits per heavy atom. The molecular formula is C30H31F8NO3S. The third-order valence-corrected chi connectivity index (χ3v) is 12.2. The summed E-state index contributed by atoms with van der Waals surface area (Å²) in [7, 11) is -4.51. The molecule has 2 aromatic rings. The van der Waals surface area contributed by atoms with Gasteiger partial charge in [-0.1, -0.05) is 44.4 Å². The van der Waals surface area contributed by atoms with Gasteiger partial charge in [0.1, 0.15) is 10.6 Å². The highest BCUT2D eigenvalue weighted by atomic mass is 32.2. The summed E-state index contributed by atoms with van der Waals surface area (Å²) in [6.07, 6.45) is -8.10. The van der Waals surface area contributed by atoms with Gasteiger partial charge >= 0.3 is 18.0 Å². The number of benzene rings is 2. The summed E-state index contributed by atoms with van der Waals surface area (Å²) in [5.74, 6) is -2.07. The van der Waals surface area contributed by atoms with Crippen LogP contribution in [0.3, 0.4) is 0 Å². The maximum atomic E-state index is 15.0. The molecule has 236 valence electrons. The summed E-state index contributed by atoms with van der Waals surface area (Å²) in [5.41, 5.74) is -7.63. The van der Waals surface area contributed by atoms with Crippen molar-refractivity contribution in [1.29, 1.82) is 0 Å². The number of sulfone groups is 1. The van der Waals surface area contributed by atoms with E-state index in [1.165, 1.54) is 4.90 Å². The van der Waals surface area contributed by atoms with Crippen molar-refractivity contribution in [3.8, 4) is 0 Å². The first-order valence-corrected chi connectivity index (χ1v) is 15.7. The molecule has 0 aromatic heterocycles. The number of carbonyl (C=O) groups excluding carboxylic acids is 1. The maximum absolute atomic E-state index is 15.0. The number of aryl methyl sites for hydroxylation is 1. The van der Waals surface area contributed by atoms with Crippen molar-refractivity contribution in [3.63, 3.8) is 0 Å². The molecule has 43 heavy (non-hydrogen) atoms. The first-order chi connectivity index (χ1) is 19.9. The predicted octanol–water partition coefficient (Wildman–Crippen LogP) is 7.41. The summed E-state index contributed by atoms with van der Waals surface area (Å²) in [5, 5.41) is 0. The quantitative estimate of drug-likeness (QED) is 0.254. The van der Waals surface area contributed by atoms with E-state index in [4.69, 9.17) is 0 Å². The van der Waals surface area contributed by atoms with Crippen molar-refractivity contribution in [1.82, 2.24) is 4.90 Å². The number of hydrogen-bond donors (Lipinski definition) is 0. The Balaban J connectivity index is 1.64. The summed E-state index contributed by atoms with van der Waals surface area (Å²) in [4.78, 5) is 14.9. The zero-order valence-corrected chi connectivity index (χ0v) is 24.1. The van der Waals surface area contributed by atoms with E-state index in [1.807, 2.05) is 0 Å². The van der Waals surface area contributed by atoms with Crippen LogP contribution in [0, 0.1) is 23.6 Å². The molecule has 0 bridgehead atoms. The van der Waals surface area contributed by atoms with Crippen molar-refractivity contribution in [3.05, 3.63) is 65.0 Å². The minimum absolute atomic E-state index is 0.00958. The van der Waals surface area contributed by atoms with Crippen LogP contribution >= 0.6 is 0 Å². The molecule has 2 aliphatic carbocycles. The molecule has 1 amide bonds. The van der Waals surface area contributed by atoms with Gasteiger partial charge in [-0.15, -0.1) is 0 Å². The molecule has 0 spiro atoms. The zero-order chi connectivity index (χ0) is 31.6. The van der Waals surface area contributed by atoms with Crippen LogP contribution in [-0.4, -0.2) is 44.7 Å². The highest BCUT2D eigenvalue weighted by Crippen LogP contribution is 2.56. The Bertz CT molecular complexity index is 1470. The van der Waals surface area contributed by atoms with Gasteiger partial charge < -0.3 is 4.90 Å². The molecule has 1 saturated heterocycles. The second-order valence-corrected chi connectivity index (χ2v) is 14.2. The number of nitrogens with zero attached hydrogens (tertiary/aromatic N) is 1. The Kier molecular flexibility index (Phi) is 7.91. The molecule has 3 aliphatic rings. The molecule has 5 rings (SSSR count). The molecular weight excluding hydrogens is 606 g/mol. The molecule has 2 fully saturated rings. The van der Waals surface area contributed by atoms with Crippen LogP contribution in [0.2, 0.25) is 0 Å². The molecule has 13 heteroatoms. The molecule has 0 N–H and O–H groups in total. The molecule has 1 saturated carbocycles. The van der Waals surface area contributed by atoms with E-state index < -0.39 is 55.8 Å². The lowest BCUT2D eigenvalue weighted by atomic mass is 9.75. The lowest BCUT2D eigenvalue weighted by molar-refractivity contribution is -0.348. The first kappa shape index (κ1) is 31.7. The van der Waals surface area contributed by atoms with Gasteiger partial charge in [-0.25, -0.2) is 17.2 Å². The average molecular weight is 638 g/mol. The molecule has 3 unspecified atom stereocenters. The summed E-state index contributed by atoms with van der Waals surface area (Å²) < 4.78 is 137. The summed E-state index contributed by atoms with van der Waals surface area (Å²) >= 11 is 0. The summed E-state index contributed by atoms with van der Waals surface area (Å²) in [6.45, 7) is 1.41. The van der Waals surface area contributed by atoms with E-state index in [0.29, 0.717) is 12.1 Å². The topological polar surface area (TPSA) is 54.5 Å². The highest BCUT2D eigenvalue weighted by molar-refractivity contribution is 7.92. The van der Waals surface area contributed by atoms with Crippen molar-refractivity contribution in [2.45, 2.75) is 79.5 Å². The molecule has 2 aromatic carbocycles. The Morgan fingerprint density at radius 3 is 2.09 bits per heavy atom. The van der Waals surface area contributed by atoms with Gasteiger partial charge in [-0.05, 0) is 67.0 Å². The smallest absolute Gasteiger partial charge is 0.340 e. The highest BCUT2D eigenvalue weighted by Gasteiger charge is 2.73. The molecule has 4 nitrogen and oxygen atoms in total. The van der Waals surface area contributed by atoms with E-state index in [-0.39, 0.29) is 53.8 Å². The second kappa shape index (κ2) is 10.7. The molecule has 1 heterocycles. The fraction of sp³-hybridized carbons (Fsp3) is 0.567. The Hall–Kier alpha value is -2.70. The van der Waals surface area contributed by atoms with Crippen LogP contribution in [0.25, 0.3) is 0 Å². The van der Waals surface area contributed by atoms with Crippen LogP contribution in [-0.2, 0) is 31.5 Å². The van der Waals surface area contributed by atoms with Gasteiger partial charge in [-0.3, -0.25) is 4.79 Å². The molecule has 3 atom stereocenters. The second-order valence-electron chi connectivity index (χ2n) is 12.0. The Labute approximate surface area is 244 Å². The number of alkyl halides is 7. The van der Waals surface area contributed by atoms with E-state index in [9.17, 15) is 48.3 Å². The minimum atomic E-state index is -6.33. The largest absolute Gasteiger partial charge is 0.435 e. The maximum Gasteiger partial charge on any atom is 0.435 e. The zero-order valence-electron chi connectivity index (χ0n) is 23.2. The van der Waals surface area contributed by atoms with Crippen LogP contribution < -0.4 is 0 Å². The normalized spacial score (nSPS) is 24.4. The van der Waals surface area contributed by atoms with Gasteiger partial charge in [0.15, 0.2) is 9.84 Å². The van der Waals surface area contributed by atoms with Crippen molar-refractivity contribution in [2.75, 3.05) is 13.1 Å². The predicted molar refractivity (Wildman–Crippen MR) is 141 cm³/mol. The van der Waals surface area contributed by atoms with E-state index >= 15 is 0 Å². The van der Waals surface area contributed by atoms with Gasteiger partial charge in [0.25, 0.3) is 0 Å². The van der Waals surface area contributed by atoms with Crippen molar-refractivity contribution >= 4 is 15.7 Å². The molecule has 1 aliphatic heterocycles. The number of amides is 1. The average Bonchev–Trinajstić information content (AvgIpc) is 3.37. The van der Waals surface area contributed by atoms with E-state index in [1.54, 1.807) is 6.92 Å². The fourth-order valence-electron chi connectivity index (χ4n) is 7.33. The van der Waals surface area contributed by atoms with Crippen LogP contribution in [0.1, 0.15) is 62.1 Å². The number of fused-ring (bicyclic) bond motifs is 3. The number of likely N-dealkylation sites (tertiary alicyclic amines) is 1. The Morgan fingerprint density at radius 1 is 0.907 bits per heavy atom. The van der Waals surface area contributed by atoms with Crippen molar-refractivity contribution < 1.29 is 48.3 Å². The van der Waals surface area contributed by atoms with Crippen LogP contribution in [0.15, 0.2) is 47.4 Å². The van der Waals surface area contributed by atoms with Crippen LogP contribution in [0.5, 0.6) is 0 Å². The molecule has 0 radical (unpaired) electrons. The van der Waals surface area contributed by atoms with Gasteiger partial charge in [0.2, 0.25) is 5.91 Å². The van der Waals surface area contributed by atoms with Gasteiger partial charge in [0, 0.05) is 30.5 Å². The van der Waals surface area contributed by atoms with E-state index in [2.05, 4.69) is 0 Å². The third kappa shape index (κ3) is 4.93. The standard InChI is InChI=1S/C30H31F8NO3S/c1-18(19-5-3-2-4-6-19)26(40)39-16-22-8-7-20-15-21(28(32,29(33,34)35)30(36,37)38)9-14-25(20)27(22,17-39)43(41,42)24-12-10-23(31)11-13-24/h9-15,18-19,22H,2-8,16-17H2,1H3. The van der Waals surface area contributed by atoms with Crippen LogP contribution in [0.4, 0.5) is 35.1 Å². The number of carbonyl (C=O) groups is 1. The summed E-state index contributed by atoms with van der Waals surface area (Å²) in [6, 6.07) is 5.53. The van der Waals surface area contributed by atoms with E-state index in [0.717, 1.165) is 62.4 Å². The first-order valence-electron chi connectivity index (χ1n) is 14.2. The lowest BCUT2D eigenvalue weighted by Crippen LogP contribution is -2.51. The van der Waals surface area contributed by atoms with Gasteiger partial charge in [0.05, 0.1) is 4.90 Å². The SMILES string of the molecule is CC(C(=O)N1CC2CCc3cc(C(F)(C(F)(F)F)C(F)(F)F)ccc3C2(S(=O)(=O)c2ccc(F)cc2)C1)C1CCCCC1. The monoisotopic (exact) mass is 637 g/mol.